The highest BCUT2D eigenvalue weighted by Gasteiger charge is 2.03. The van der Waals surface area contributed by atoms with Crippen LogP contribution in [0.1, 0.15) is 10.4 Å². The fraction of sp³-hybridized carbons (Fsp3) is 0.0667. The van der Waals surface area contributed by atoms with Crippen LogP contribution in [0, 0.1) is 0 Å². The maximum Gasteiger partial charge on any atom is 0.191 e. The van der Waals surface area contributed by atoms with Gasteiger partial charge in [-0.15, -0.1) is 0 Å². The Labute approximate surface area is 118 Å². The number of aromatic nitrogens is 1. The molecule has 0 saturated heterocycles. The molecule has 0 radical (unpaired) electrons. The lowest BCUT2D eigenvalue weighted by Gasteiger charge is -1.99. The summed E-state index contributed by atoms with van der Waals surface area (Å²) in [4.78, 5) is 11.9. The van der Waals surface area contributed by atoms with Crippen LogP contribution in [0.15, 0.2) is 60.9 Å². The summed E-state index contributed by atoms with van der Waals surface area (Å²) in [5, 5.41) is 0. The molecule has 0 fully saturated rings. The maximum atomic E-state index is 11.9. The normalized spacial score (nSPS) is 9.95. The molecule has 0 amide bonds. The van der Waals surface area contributed by atoms with Gasteiger partial charge in [0.05, 0.1) is 13.2 Å². The minimum Gasteiger partial charge on any atom is -1.00 e. The molecule has 4 heteroatoms. The van der Waals surface area contributed by atoms with Crippen molar-refractivity contribution in [2.45, 2.75) is 0 Å². The molecule has 0 saturated carbocycles. The van der Waals surface area contributed by atoms with E-state index in [1.165, 1.54) is 0 Å². The van der Waals surface area contributed by atoms with Gasteiger partial charge in [-0.25, -0.2) is 0 Å². The summed E-state index contributed by atoms with van der Waals surface area (Å²) in [6, 6.07) is 12.8. The van der Waals surface area contributed by atoms with Crippen molar-refractivity contribution in [2.24, 2.45) is 0 Å². The van der Waals surface area contributed by atoms with Crippen molar-refractivity contribution in [3.8, 4) is 5.75 Å². The van der Waals surface area contributed by atoms with Gasteiger partial charge in [0.15, 0.2) is 24.4 Å². The molecule has 2 rings (SSSR count). The summed E-state index contributed by atoms with van der Waals surface area (Å²) in [5.41, 5.74) is 0.642. The number of carbonyl (C=O) groups is 1. The number of methoxy groups -OCH3 is 1. The number of benzene rings is 1. The number of carbonyl (C=O) groups excluding carboxylic acids is 1. The number of ether oxygens (including phenoxy) is 1. The Kier molecular flexibility index (Phi) is 5.76. The van der Waals surface area contributed by atoms with Gasteiger partial charge in [-0.3, -0.25) is 4.79 Å². The smallest absolute Gasteiger partial charge is 0.191 e. The number of allylic oxidation sites excluding steroid dienone is 1. The van der Waals surface area contributed by atoms with Gasteiger partial charge in [0, 0.05) is 17.7 Å². The zero-order valence-corrected chi connectivity index (χ0v) is 11.2. The molecule has 1 aromatic heterocycles. The summed E-state index contributed by atoms with van der Waals surface area (Å²) in [7, 11) is 1.60. The Morgan fingerprint density at radius 3 is 2.32 bits per heavy atom. The van der Waals surface area contributed by atoms with E-state index in [2.05, 4.69) is 0 Å². The number of pyridine rings is 1. The molecule has 98 valence electrons. The van der Waals surface area contributed by atoms with Gasteiger partial charge < -0.3 is 17.1 Å². The molecule has 19 heavy (non-hydrogen) atoms. The van der Waals surface area contributed by atoms with Crippen LogP contribution in [-0.4, -0.2) is 12.9 Å². The molecule has 1 heterocycles. The maximum absolute atomic E-state index is 11.9. The van der Waals surface area contributed by atoms with Crippen molar-refractivity contribution < 1.29 is 26.5 Å². The van der Waals surface area contributed by atoms with Gasteiger partial charge >= 0.3 is 0 Å². The van der Waals surface area contributed by atoms with Crippen molar-refractivity contribution in [3.63, 3.8) is 0 Å². The lowest BCUT2D eigenvalue weighted by Crippen LogP contribution is -3.00. The van der Waals surface area contributed by atoms with E-state index in [9.17, 15) is 4.79 Å². The third kappa shape index (κ3) is 4.23. The second-order valence-corrected chi connectivity index (χ2v) is 3.73. The first kappa shape index (κ1) is 14.9. The van der Waals surface area contributed by atoms with Crippen molar-refractivity contribution in [1.82, 2.24) is 0 Å². The Bertz CT molecular complexity index is 550. The number of nitrogens with zero attached hydrogens (tertiary/aromatic N) is 1. The molecule has 2 aromatic rings. The largest absolute Gasteiger partial charge is 1.00 e. The summed E-state index contributed by atoms with van der Waals surface area (Å²) >= 11 is 0. The van der Waals surface area contributed by atoms with E-state index >= 15 is 0 Å². The quantitative estimate of drug-likeness (QED) is 0.421. The van der Waals surface area contributed by atoms with Crippen LogP contribution >= 0.6 is 0 Å². The van der Waals surface area contributed by atoms with E-state index in [0.717, 1.165) is 5.75 Å². The Morgan fingerprint density at radius 2 is 1.74 bits per heavy atom. The summed E-state index contributed by atoms with van der Waals surface area (Å²) in [6.07, 6.45) is 7.02. The van der Waals surface area contributed by atoms with E-state index in [-0.39, 0.29) is 18.2 Å². The predicted molar refractivity (Wildman–Crippen MR) is 69.3 cm³/mol. The fourth-order valence-corrected chi connectivity index (χ4v) is 1.52. The highest BCUT2D eigenvalue weighted by atomic mass is 35.5. The molecule has 1 aromatic carbocycles. The zero-order chi connectivity index (χ0) is 12.8. The molecule has 0 aliphatic rings. The second kappa shape index (κ2) is 7.34. The van der Waals surface area contributed by atoms with Crippen molar-refractivity contribution in [1.29, 1.82) is 0 Å². The molecule has 0 aliphatic carbocycles. The van der Waals surface area contributed by atoms with Gasteiger partial charge in [-0.05, 0) is 24.3 Å². The SMILES string of the molecule is COc1ccc(C(=O)C=C[n+]2ccccc2)cc1.[Cl-]. The first-order valence-electron chi connectivity index (χ1n) is 5.62. The van der Waals surface area contributed by atoms with Crippen LogP contribution in [0.3, 0.4) is 0 Å². The molecule has 0 N–H and O–H groups in total. The number of hydrogen-bond donors (Lipinski definition) is 0. The number of halogens is 1. The van der Waals surface area contributed by atoms with E-state index in [0.29, 0.717) is 5.56 Å². The van der Waals surface area contributed by atoms with Crippen molar-refractivity contribution >= 4 is 12.0 Å². The highest BCUT2D eigenvalue weighted by molar-refractivity contribution is 6.05. The lowest BCUT2D eigenvalue weighted by atomic mass is 10.1. The standard InChI is InChI=1S/C15H14NO2.ClH/c1-18-14-7-5-13(6-8-14)15(17)9-12-16-10-3-2-4-11-16;/h2-12H,1H3;1H/q+1;/p-1. The predicted octanol–water partition coefficient (Wildman–Crippen LogP) is -0.660. The zero-order valence-electron chi connectivity index (χ0n) is 10.5. The molecule has 0 spiro atoms. The average Bonchev–Trinajstić information content (AvgIpc) is 2.46. The topological polar surface area (TPSA) is 30.2 Å². The van der Waals surface area contributed by atoms with Crippen LogP contribution in [0.25, 0.3) is 6.20 Å². The van der Waals surface area contributed by atoms with E-state index in [1.807, 2.05) is 35.2 Å². The van der Waals surface area contributed by atoms with Crippen LogP contribution in [0.2, 0.25) is 0 Å². The van der Waals surface area contributed by atoms with E-state index in [1.54, 1.807) is 43.7 Å². The molecular weight excluding hydrogens is 262 g/mol. The number of rotatable bonds is 4. The Hall–Kier alpha value is -2.13. The molecular formula is C15H14ClNO2. The Morgan fingerprint density at radius 1 is 1.11 bits per heavy atom. The minimum atomic E-state index is -0.0333. The first-order valence-corrected chi connectivity index (χ1v) is 5.62. The van der Waals surface area contributed by atoms with Gasteiger partial charge in [0.25, 0.3) is 0 Å². The Balaban J connectivity index is 0.00000180. The van der Waals surface area contributed by atoms with Gasteiger partial charge in [-0.1, -0.05) is 6.07 Å². The summed E-state index contributed by atoms with van der Waals surface area (Å²) in [6.45, 7) is 0. The third-order valence-corrected chi connectivity index (χ3v) is 2.51. The van der Waals surface area contributed by atoms with Crippen LogP contribution < -0.4 is 21.7 Å². The van der Waals surface area contributed by atoms with E-state index in [4.69, 9.17) is 4.74 Å². The van der Waals surface area contributed by atoms with Gasteiger partial charge in [0.2, 0.25) is 0 Å². The second-order valence-electron chi connectivity index (χ2n) is 3.73. The van der Waals surface area contributed by atoms with Crippen molar-refractivity contribution in [3.05, 3.63) is 66.5 Å². The van der Waals surface area contributed by atoms with Gasteiger partial charge in [0.1, 0.15) is 5.75 Å². The average molecular weight is 276 g/mol. The van der Waals surface area contributed by atoms with Crippen LogP contribution in [0.4, 0.5) is 0 Å². The summed E-state index contributed by atoms with van der Waals surface area (Å²) in [5.74, 6) is 0.710. The highest BCUT2D eigenvalue weighted by Crippen LogP contribution is 2.11. The first-order chi connectivity index (χ1) is 8.79. The number of hydrogen-bond acceptors (Lipinski definition) is 2. The fourth-order valence-electron chi connectivity index (χ4n) is 1.52. The van der Waals surface area contributed by atoms with Crippen molar-refractivity contribution in [2.75, 3.05) is 7.11 Å². The molecule has 0 aliphatic heterocycles. The minimum absolute atomic E-state index is 0. The molecule has 0 unspecified atom stereocenters. The number of ketones is 1. The van der Waals surface area contributed by atoms with Crippen LogP contribution in [-0.2, 0) is 0 Å². The van der Waals surface area contributed by atoms with Gasteiger partial charge in [-0.2, -0.15) is 4.57 Å². The molecule has 0 bridgehead atoms. The summed E-state index contributed by atoms with van der Waals surface area (Å²) < 4.78 is 6.87. The lowest BCUT2D eigenvalue weighted by molar-refractivity contribution is -0.568. The monoisotopic (exact) mass is 275 g/mol. The molecule has 3 nitrogen and oxygen atoms in total. The molecule has 0 atom stereocenters. The third-order valence-electron chi connectivity index (χ3n) is 2.51. The van der Waals surface area contributed by atoms with Crippen LogP contribution in [0.5, 0.6) is 5.75 Å². The van der Waals surface area contributed by atoms with E-state index < -0.39 is 0 Å².